The van der Waals surface area contributed by atoms with Gasteiger partial charge in [-0.25, -0.2) is 4.68 Å². The van der Waals surface area contributed by atoms with Crippen molar-refractivity contribution in [2.75, 3.05) is 37.5 Å². The number of nitrogens with zero attached hydrogens (tertiary/aromatic N) is 3. The molecule has 1 fully saturated rings. The molecule has 3 aromatic carbocycles. The summed E-state index contributed by atoms with van der Waals surface area (Å²) < 4.78 is 13.2. The first kappa shape index (κ1) is 28.3. The number of ether oxygens (including phenoxy) is 2. The number of hydrogen-bond acceptors (Lipinski definition) is 6. The van der Waals surface area contributed by atoms with Crippen molar-refractivity contribution in [2.45, 2.75) is 24.2 Å². The van der Waals surface area contributed by atoms with Crippen molar-refractivity contribution in [1.29, 1.82) is 0 Å². The summed E-state index contributed by atoms with van der Waals surface area (Å²) >= 11 is 8.22. The Morgan fingerprint density at radius 3 is 2.62 bits per heavy atom. The number of aromatic nitrogens is 2. The molecule has 1 N–H and O–H groups in total. The van der Waals surface area contributed by atoms with Gasteiger partial charge in [0.15, 0.2) is 0 Å². The van der Waals surface area contributed by atoms with E-state index in [1.807, 2.05) is 72.8 Å². The second kappa shape index (κ2) is 12.6. The van der Waals surface area contributed by atoms with E-state index in [9.17, 15) is 9.59 Å². The molecule has 42 heavy (non-hydrogen) atoms. The molecule has 2 atom stereocenters. The van der Waals surface area contributed by atoms with Crippen molar-refractivity contribution in [1.82, 2.24) is 15.1 Å². The van der Waals surface area contributed by atoms with Crippen molar-refractivity contribution < 1.29 is 19.1 Å². The predicted molar refractivity (Wildman–Crippen MR) is 166 cm³/mol. The van der Waals surface area contributed by atoms with Gasteiger partial charge in [0, 0.05) is 29.8 Å². The number of rotatable bonds is 8. The second-order valence-corrected chi connectivity index (χ2v) is 11.7. The topological polar surface area (TPSA) is 85.7 Å². The molecule has 0 aliphatic carbocycles. The van der Waals surface area contributed by atoms with E-state index in [4.69, 9.17) is 26.2 Å². The van der Waals surface area contributed by atoms with Crippen molar-refractivity contribution in [3.05, 3.63) is 95.0 Å². The average molecular weight is 603 g/mol. The minimum atomic E-state index is -0.313. The number of benzene rings is 3. The number of nitrogens with one attached hydrogen (secondary N) is 1. The molecule has 1 aromatic heterocycles. The highest BCUT2D eigenvalue weighted by molar-refractivity contribution is 8.00. The number of thioether (sulfide) groups is 1. The monoisotopic (exact) mass is 602 g/mol. The molecule has 0 bridgehead atoms. The van der Waals surface area contributed by atoms with E-state index in [0.29, 0.717) is 41.1 Å². The van der Waals surface area contributed by atoms with Gasteiger partial charge in [-0.1, -0.05) is 72.3 Å². The SMILES string of the molecule is COc1ccccc1[C@H]1SCC(=O)N(CC(=O)NC[C@@H]2CCCO2)c2c1c(-c1ccccc1)nn2-c1ccccc1Cl. The van der Waals surface area contributed by atoms with Crippen LogP contribution in [0.1, 0.15) is 29.2 Å². The van der Waals surface area contributed by atoms with Crippen LogP contribution in [0.2, 0.25) is 5.02 Å². The number of fused-ring (bicyclic) bond motifs is 1. The summed E-state index contributed by atoms with van der Waals surface area (Å²) in [5.74, 6) is 0.922. The van der Waals surface area contributed by atoms with Crippen LogP contribution in [0.5, 0.6) is 5.75 Å². The maximum atomic E-state index is 13.9. The Balaban J connectivity index is 1.54. The zero-order chi connectivity index (χ0) is 29.1. The van der Waals surface area contributed by atoms with Gasteiger partial charge in [-0.15, -0.1) is 11.8 Å². The fourth-order valence-corrected chi connectivity index (χ4v) is 6.92. The molecule has 2 amide bonds. The fourth-order valence-electron chi connectivity index (χ4n) is 5.48. The molecule has 0 unspecified atom stereocenters. The highest BCUT2D eigenvalue weighted by Crippen LogP contribution is 2.50. The fraction of sp³-hybridized carbons (Fsp3) is 0.281. The van der Waals surface area contributed by atoms with Gasteiger partial charge in [-0.05, 0) is 31.0 Å². The molecule has 3 heterocycles. The maximum Gasteiger partial charge on any atom is 0.240 e. The maximum absolute atomic E-state index is 13.9. The van der Waals surface area contributed by atoms with Crippen LogP contribution < -0.4 is 15.0 Å². The summed E-state index contributed by atoms with van der Waals surface area (Å²) in [4.78, 5) is 28.8. The third-order valence-corrected chi connectivity index (χ3v) is 9.05. The first-order valence-corrected chi connectivity index (χ1v) is 15.3. The van der Waals surface area contributed by atoms with Gasteiger partial charge in [0.1, 0.15) is 18.1 Å². The molecule has 0 saturated carbocycles. The molecule has 0 radical (unpaired) electrons. The first-order chi connectivity index (χ1) is 20.5. The Kier molecular flexibility index (Phi) is 8.51. The van der Waals surface area contributed by atoms with Crippen LogP contribution in [0.4, 0.5) is 5.82 Å². The molecule has 1 saturated heterocycles. The summed E-state index contributed by atoms with van der Waals surface area (Å²) in [6, 6.07) is 25.0. The standard InChI is InChI=1S/C32H31ClN4O4S/c1-40-26-16-8-5-13-23(26)31-29-30(21-10-3-2-4-11-21)35-37(25-15-7-6-14-24(25)33)32(29)36(28(39)20-42-31)19-27(38)34-18-22-12-9-17-41-22/h2-8,10-11,13-16,22,31H,9,12,17-20H2,1H3,(H,34,38)/t22-,31+/m0/s1. The van der Waals surface area contributed by atoms with Crippen molar-refractivity contribution in [3.8, 4) is 22.7 Å². The number of amides is 2. The van der Waals surface area contributed by atoms with Crippen LogP contribution in [0, 0.1) is 0 Å². The van der Waals surface area contributed by atoms with Gasteiger partial charge >= 0.3 is 0 Å². The number of carbonyl (C=O) groups excluding carboxylic acids is 2. The lowest BCUT2D eigenvalue weighted by atomic mass is 9.99. The van der Waals surface area contributed by atoms with E-state index in [1.165, 1.54) is 11.8 Å². The van der Waals surface area contributed by atoms with E-state index in [-0.39, 0.29) is 35.5 Å². The van der Waals surface area contributed by atoms with Crippen LogP contribution in [-0.4, -0.2) is 60.3 Å². The molecule has 0 spiro atoms. The summed E-state index contributed by atoms with van der Waals surface area (Å²) in [6.07, 6.45) is 1.88. The first-order valence-electron chi connectivity index (χ1n) is 13.9. The van der Waals surface area contributed by atoms with Gasteiger partial charge in [-0.2, -0.15) is 5.10 Å². The van der Waals surface area contributed by atoms with E-state index in [0.717, 1.165) is 29.5 Å². The van der Waals surface area contributed by atoms with Crippen LogP contribution in [-0.2, 0) is 14.3 Å². The van der Waals surface area contributed by atoms with Crippen LogP contribution in [0.15, 0.2) is 78.9 Å². The number of methoxy groups -OCH3 is 1. The Bertz CT molecular complexity index is 1590. The zero-order valence-corrected chi connectivity index (χ0v) is 24.7. The van der Waals surface area contributed by atoms with Crippen molar-refractivity contribution >= 4 is 41.0 Å². The third kappa shape index (κ3) is 5.64. The van der Waals surface area contributed by atoms with Gasteiger partial charge in [0.25, 0.3) is 0 Å². The number of hydrogen-bond donors (Lipinski definition) is 1. The minimum absolute atomic E-state index is 0.00633. The largest absolute Gasteiger partial charge is 0.496 e. The number of halogens is 1. The van der Waals surface area contributed by atoms with Crippen molar-refractivity contribution in [2.24, 2.45) is 0 Å². The number of carbonyl (C=O) groups is 2. The summed E-state index contributed by atoms with van der Waals surface area (Å²) in [5.41, 5.74) is 3.93. The Morgan fingerprint density at radius 2 is 1.86 bits per heavy atom. The Hall–Kier alpha value is -3.79. The van der Waals surface area contributed by atoms with Gasteiger partial charge in [0.2, 0.25) is 11.8 Å². The lowest BCUT2D eigenvalue weighted by Crippen LogP contribution is -2.44. The molecular formula is C32H31ClN4O4S. The van der Waals surface area contributed by atoms with Crippen molar-refractivity contribution in [3.63, 3.8) is 0 Å². The molecule has 2 aliphatic rings. The Labute approximate surface area is 253 Å². The van der Waals surface area contributed by atoms with E-state index in [1.54, 1.807) is 22.8 Å². The zero-order valence-electron chi connectivity index (χ0n) is 23.2. The average Bonchev–Trinajstić information content (AvgIpc) is 3.66. The third-order valence-electron chi connectivity index (χ3n) is 7.49. The minimum Gasteiger partial charge on any atom is -0.496 e. The van der Waals surface area contributed by atoms with Crippen LogP contribution in [0.25, 0.3) is 16.9 Å². The lowest BCUT2D eigenvalue weighted by molar-refractivity contribution is -0.123. The molecule has 10 heteroatoms. The van der Waals surface area contributed by atoms with E-state index >= 15 is 0 Å². The van der Waals surface area contributed by atoms with Crippen LogP contribution in [0.3, 0.4) is 0 Å². The van der Waals surface area contributed by atoms with E-state index in [2.05, 4.69) is 5.32 Å². The molecule has 8 nitrogen and oxygen atoms in total. The highest BCUT2D eigenvalue weighted by atomic mass is 35.5. The number of anilines is 1. The normalized spacial score (nSPS) is 18.4. The van der Waals surface area contributed by atoms with Gasteiger partial charge < -0.3 is 14.8 Å². The summed E-state index contributed by atoms with van der Waals surface area (Å²) in [6.45, 7) is 0.947. The Morgan fingerprint density at radius 1 is 1.10 bits per heavy atom. The lowest BCUT2D eigenvalue weighted by Gasteiger charge is -2.24. The molecule has 6 rings (SSSR count). The molecular weight excluding hydrogens is 572 g/mol. The molecule has 216 valence electrons. The number of para-hydroxylation sites is 2. The smallest absolute Gasteiger partial charge is 0.240 e. The van der Waals surface area contributed by atoms with Gasteiger partial charge in [0.05, 0.1) is 40.6 Å². The highest BCUT2D eigenvalue weighted by Gasteiger charge is 2.39. The van der Waals surface area contributed by atoms with E-state index < -0.39 is 0 Å². The summed E-state index contributed by atoms with van der Waals surface area (Å²) in [7, 11) is 1.64. The molecule has 4 aromatic rings. The van der Waals surface area contributed by atoms with Gasteiger partial charge in [-0.3, -0.25) is 14.5 Å². The molecule has 2 aliphatic heterocycles. The predicted octanol–water partition coefficient (Wildman–Crippen LogP) is 5.67. The summed E-state index contributed by atoms with van der Waals surface area (Å²) in [5, 5.41) is 8.24. The van der Waals surface area contributed by atoms with Crippen LogP contribution >= 0.6 is 23.4 Å². The second-order valence-electron chi connectivity index (χ2n) is 10.2. The quantitative estimate of drug-likeness (QED) is 0.280.